The second kappa shape index (κ2) is 10.6. The summed E-state index contributed by atoms with van der Waals surface area (Å²) >= 11 is 1.95. The van der Waals surface area contributed by atoms with Crippen molar-refractivity contribution in [2.24, 2.45) is 0 Å². The first-order valence-corrected chi connectivity index (χ1v) is 14.1. The molecule has 1 fully saturated rings. The molecule has 0 unspecified atom stereocenters. The van der Waals surface area contributed by atoms with Crippen molar-refractivity contribution in [1.29, 1.82) is 0 Å². The number of nitrogens with zero attached hydrogens (tertiary/aromatic N) is 4. The van der Waals surface area contributed by atoms with Gasteiger partial charge in [-0.05, 0) is 56.7 Å². The van der Waals surface area contributed by atoms with Crippen LogP contribution in [0.3, 0.4) is 0 Å². The van der Waals surface area contributed by atoms with Gasteiger partial charge in [-0.15, -0.1) is 16.4 Å². The summed E-state index contributed by atoms with van der Waals surface area (Å²) in [5, 5.41) is 8.35. The van der Waals surface area contributed by atoms with Gasteiger partial charge >= 0.3 is 0 Å². The van der Waals surface area contributed by atoms with E-state index in [1.807, 2.05) is 17.5 Å². The Labute approximate surface area is 189 Å². The summed E-state index contributed by atoms with van der Waals surface area (Å²) in [6.07, 6.45) is 8.90. The highest BCUT2D eigenvalue weighted by Crippen LogP contribution is 2.29. The standard InChI is InChI=1S/C22H34N4O3S2/c1-2-20-15-18-5-3-9-25(10-4-12-29-13-8-22(18)30-20)16-19-17-26(24-23-19)11-14-31(27,28)21-6-7-21/h15,17,21H,2-14,16H2,1H3. The summed E-state index contributed by atoms with van der Waals surface area (Å²) in [6, 6.07) is 2.39. The SMILES string of the molecule is CCc1cc2c(s1)CCOCCCN(Cc1cn(CCS(=O)(=O)C3CC3)nn1)CCC2. The number of thiophene rings is 1. The topological polar surface area (TPSA) is 77.3 Å². The van der Waals surface area contributed by atoms with Crippen LogP contribution in [-0.4, -0.2) is 65.6 Å². The van der Waals surface area contributed by atoms with Gasteiger partial charge in [-0.1, -0.05) is 12.1 Å². The van der Waals surface area contributed by atoms with Gasteiger partial charge in [0.1, 0.15) is 0 Å². The molecular weight excluding hydrogens is 432 g/mol. The Hall–Kier alpha value is -1.29. The normalized spacial score (nSPS) is 19.5. The molecule has 9 heteroatoms. The highest BCUT2D eigenvalue weighted by Gasteiger charge is 2.35. The lowest BCUT2D eigenvalue weighted by Crippen LogP contribution is -2.27. The Kier molecular flexibility index (Phi) is 7.79. The van der Waals surface area contributed by atoms with Gasteiger partial charge in [-0.2, -0.15) is 0 Å². The molecule has 0 atom stereocenters. The Balaban J connectivity index is 1.32. The van der Waals surface area contributed by atoms with E-state index in [9.17, 15) is 8.42 Å². The predicted molar refractivity (Wildman–Crippen MR) is 123 cm³/mol. The predicted octanol–water partition coefficient (Wildman–Crippen LogP) is 2.88. The van der Waals surface area contributed by atoms with Crippen molar-refractivity contribution in [2.45, 2.75) is 70.2 Å². The maximum Gasteiger partial charge on any atom is 0.154 e. The van der Waals surface area contributed by atoms with Crippen molar-refractivity contribution in [3.05, 3.63) is 33.3 Å². The van der Waals surface area contributed by atoms with Crippen molar-refractivity contribution in [3.63, 3.8) is 0 Å². The lowest BCUT2D eigenvalue weighted by atomic mass is 10.1. The largest absolute Gasteiger partial charge is 0.381 e. The highest BCUT2D eigenvalue weighted by molar-refractivity contribution is 7.92. The van der Waals surface area contributed by atoms with Crippen LogP contribution in [0.15, 0.2) is 12.3 Å². The molecule has 0 radical (unpaired) electrons. The number of hydrogen-bond donors (Lipinski definition) is 0. The Morgan fingerprint density at radius 3 is 2.84 bits per heavy atom. The fraction of sp³-hybridized carbons (Fsp3) is 0.727. The third-order valence-electron chi connectivity index (χ3n) is 6.06. The van der Waals surface area contributed by atoms with Gasteiger partial charge in [0.2, 0.25) is 0 Å². The van der Waals surface area contributed by atoms with Crippen molar-refractivity contribution >= 4 is 21.2 Å². The van der Waals surface area contributed by atoms with Gasteiger partial charge in [0.25, 0.3) is 0 Å². The maximum atomic E-state index is 12.1. The molecule has 2 aromatic heterocycles. The molecule has 1 saturated carbocycles. The van der Waals surface area contributed by atoms with E-state index in [0.717, 1.165) is 83.5 Å². The van der Waals surface area contributed by atoms with Crippen LogP contribution in [0, 0.1) is 0 Å². The monoisotopic (exact) mass is 466 g/mol. The summed E-state index contributed by atoms with van der Waals surface area (Å²) in [6.45, 7) is 6.92. The smallest absolute Gasteiger partial charge is 0.154 e. The summed E-state index contributed by atoms with van der Waals surface area (Å²) in [4.78, 5) is 5.39. The van der Waals surface area contributed by atoms with Gasteiger partial charge in [-0.25, -0.2) is 8.42 Å². The molecule has 0 bridgehead atoms. The van der Waals surface area contributed by atoms with Crippen LogP contribution in [0.1, 0.15) is 53.6 Å². The molecule has 2 aliphatic rings. The average Bonchev–Trinajstić information content (AvgIpc) is 3.41. The van der Waals surface area contributed by atoms with E-state index in [-0.39, 0.29) is 11.0 Å². The van der Waals surface area contributed by atoms with Crippen LogP contribution in [0.5, 0.6) is 0 Å². The minimum Gasteiger partial charge on any atom is -0.381 e. The fourth-order valence-electron chi connectivity index (χ4n) is 4.11. The molecule has 0 saturated heterocycles. The summed E-state index contributed by atoms with van der Waals surface area (Å²) in [5.41, 5.74) is 2.40. The number of hydrogen-bond acceptors (Lipinski definition) is 7. The molecule has 2 aromatic rings. The zero-order valence-corrected chi connectivity index (χ0v) is 20.1. The molecule has 3 heterocycles. The molecule has 4 rings (SSSR count). The molecule has 1 aliphatic heterocycles. The number of sulfone groups is 1. The highest BCUT2D eigenvalue weighted by atomic mass is 32.2. The molecule has 172 valence electrons. The van der Waals surface area contributed by atoms with Crippen molar-refractivity contribution in [2.75, 3.05) is 32.1 Å². The Morgan fingerprint density at radius 1 is 1.19 bits per heavy atom. The van der Waals surface area contributed by atoms with E-state index < -0.39 is 9.84 Å². The zero-order chi connectivity index (χ0) is 21.7. The van der Waals surface area contributed by atoms with Gasteiger partial charge in [0.05, 0.1) is 29.8 Å². The lowest BCUT2D eigenvalue weighted by Gasteiger charge is -2.21. The van der Waals surface area contributed by atoms with Crippen LogP contribution >= 0.6 is 11.3 Å². The number of fused-ring (bicyclic) bond motifs is 1. The zero-order valence-electron chi connectivity index (χ0n) is 18.5. The van der Waals surface area contributed by atoms with E-state index in [4.69, 9.17) is 4.74 Å². The molecule has 0 aromatic carbocycles. The Bertz CT molecular complexity index is 950. The third kappa shape index (κ3) is 6.60. The van der Waals surface area contributed by atoms with Gasteiger partial charge in [0.15, 0.2) is 9.84 Å². The number of ether oxygens (including phenoxy) is 1. The summed E-state index contributed by atoms with van der Waals surface area (Å²) in [5.74, 6) is 0.157. The first-order chi connectivity index (χ1) is 15.0. The van der Waals surface area contributed by atoms with E-state index in [0.29, 0.717) is 6.54 Å². The number of aryl methyl sites for hydroxylation is 3. The summed E-state index contributed by atoms with van der Waals surface area (Å²) < 4.78 is 31.8. The maximum absolute atomic E-state index is 12.1. The Morgan fingerprint density at radius 2 is 2.03 bits per heavy atom. The van der Waals surface area contributed by atoms with E-state index >= 15 is 0 Å². The van der Waals surface area contributed by atoms with Crippen molar-refractivity contribution in [1.82, 2.24) is 19.9 Å². The van der Waals surface area contributed by atoms with Crippen LogP contribution in [0.2, 0.25) is 0 Å². The van der Waals surface area contributed by atoms with Crippen LogP contribution in [0.4, 0.5) is 0 Å². The molecule has 31 heavy (non-hydrogen) atoms. The molecule has 0 N–H and O–H groups in total. The van der Waals surface area contributed by atoms with Crippen molar-refractivity contribution in [3.8, 4) is 0 Å². The van der Waals surface area contributed by atoms with Crippen LogP contribution in [0.25, 0.3) is 0 Å². The minimum atomic E-state index is -2.96. The lowest BCUT2D eigenvalue weighted by molar-refractivity contribution is 0.121. The number of aromatic nitrogens is 3. The molecule has 0 amide bonds. The first kappa shape index (κ1) is 22.9. The first-order valence-electron chi connectivity index (χ1n) is 11.5. The van der Waals surface area contributed by atoms with Crippen LogP contribution < -0.4 is 0 Å². The number of rotatable bonds is 7. The van der Waals surface area contributed by atoms with E-state index in [2.05, 4.69) is 28.2 Å². The quantitative estimate of drug-likeness (QED) is 0.624. The second-order valence-corrected chi connectivity index (χ2v) is 12.3. The molecule has 7 nitrogen and oxygen atoms in total. The molecule has 1 aliphatic carbocycles. The minimum absolute atomic E-state index is 0.114. The third-order valence-corrected chi connectivity index (χ3v) is 9.68. The molecular formula is C22H34N4O3S2. The van der Waals surface area contributed by atoms with Crippen LogP contribution in [-0.2, 0) is 46.9 Å². The fourth-order valence-corrected chi connectivity index (χ4v) is 6.88. The second-order valence-electron chi connectivity index (χ2n) is 8.65. The van der Waals surface area contributed by atoms with Gasteiger partial charge in [-0.3, -0.25) is 9.58 Å². The van der Waals surface area contributed by atoms with E-state index in [1.165, 1.54) is 15.3 Å². The average molecular weight is 467 g/mol. The van der Waals surface area contributed by atoms with Crippen molar-refractivity contribution < 1.29 is 13.2 Å². The molecule has 0 spiro atoms. The van der Waals surface area contributed by atoms with Gasteiger partial charge < -0.3 is 4.74 Å². The van der Waals surface area contributed by atoms with E-state index in [1.54, 1.807) is 4.68 Å². The van der Waals surface area contributed by atoms with Gasteiger partial charge in [0, 0.05) is 42.1 Å². The summed E-state index contributed by atoms with van der Waals surface area (Å²) in [7, 11) is -2.96.